The molecular weight excluding hydrogens is 327 g/mol. The third-order valence-electron chi connectivity index (χ3n) is 3.68. The second kappa shape index (κ2) is 7.79. The number of aryl methyl sites for hydroxylation is 1. The van der Waals surface area contributed by atoms with Crippen molar-refractivity contribution >= 4 is 23.4 Å². The molecule has 2 heterocycles. The van der Waals surface area contributed by atoms with Crippen molar-refractivity contribution in [2.24, 2.45) is 5.92 Å². The van der Waals surface area contributed by atoms with E-state index in [9.17, 15) is 9.18 Å². The van der Waals surface area contributed by atoms with Crippen molar-refractivity contribution < 1.29 is 9.18 Å². The summed E-state index contributed by atoms with van der Waals surface area (Å²) in [7, 11) is 0. The van der Waals surface area contributed by atoms with E-state index >= 15 is 0 Å². The lowest BCUT2D eigenvalue weighted by Crippen LogP contribution is -2.41. The molecule has 2 aromatic heterocycles. The molecule has 0 aromatic carbocycles. The number of carbonyl (C=O) groups is 1. The summed E-state index contributed by atoms with van der Waals surface area (Å²) in [5, 5.41) is 4.42. The summed E-state index contributed by atoms with van der Waals surface area (Å²) in [6.45, 7) is 7.74. The van der Waals surface area contributed by atoms with E-state index in [2.05, 4.69) is 10.1 Å². The summed E-state index contributed by atoms with van der Waals surface area (Å²) < 4.78 is 15.0. The van der Waals surface area contributed by atoms with Crippen LogP contribution in [0.25, 0.3) is 5.69 Å². The first kappa shape index (κ1) is 18.4. The van der Waals surface area contributed by atoms with E-state index < -0.39 is 5.82 Å². The molecule has 2 rings (SSSR count). The van der Waals surface area contributed by atoms with Crippen LogP contribution < -0.4 is 4.90 Å². The number of halogens is 1. The number of hydrogen-bond acceptors (Lipinski definition) is 4. The molecule has 2 aromatic rings. The normalized spacial score (nSPS) is 12.5. The van der Waals surface area contributed by atoms with Crippen LogP contribution in [0.4, 0.5) is 10.1 Å². The molecule has 1 unspecified atom stereocenters. The van der Waals surface area contributed by atoms with Gasteiger partial charge >= 0.3 is 0 Å². The van der Waals surface area contributed by atoms with Crippen molar-refractivity contribution in [2.45, 2.75) is 33.7 Å². The Hall–Kier alpha value is -1.89. The summed E-state index contributed by atoms with van der Waals surface area (Å²) in [6.07, 6.45) is 6.44. The molecule has 0 bridgehead atoms. The van der Waals surface area contributed by atoms with Crippen LogP contribution in [0.2, 0.25) is 0 Å². The lowest BCUT2D eigenvalue weighted by atomic mass is 10.1. The van der Waals surface area contributed by atoms with Gasteiger partial charge in [-0.25, -0.2) is 9.07 Å². The standard InChI is InChI=1S/C17H23FN4OS/c1-11(2)22(17(23)12(3)10-24-5)16-9-21(20-13(16)4)15-6-14(18)7-19-8-15/h6-9,11-12H,10H2,1-5H3. The highest BCUT2D eigenvalue weighted by Gasteiger charge is 2.27. The Labute approximate surface area is 146 Å². The van der Waals surface area contributed by atoms with E-state index in [1.54, 1.807) is 27.5 Å². The zero-order valence-electron chi connectivity index (χ0n) is 14.7. The number of thioether (sulfide) groups is 1. The van der Waals surface area contributed by atoms with Crippen LogP contribution in [0.5, 0.6) is 0 Å². The Morgan fingerprint density at radius 2 is 2.08 bits per heavy atom. The number of aromatic nitrogens is 3. The van der Waals surface area contributed by atoms with E-state index in [1.165, 1.54) is 12.3 Å². The third-order valence-corrected chi connectivity index (χ3v) is 4.51. The van der Waals surface area contributed by atoms with Gasteiger partial charge in [-0.05, 0) is 27.0 Å². The summed E-state index contributed by atoms with van der Waals surface area (Å²) >= 11 is 1.65. The molecule has 0 aliphatic heterocycles. The molecule has 0 fully saturated rings. The van der Waals surface area contributed by atoms with Crippen LogP contribution in [0.3, 0.4) is 0 Å². The SMILES string of the molecule is CSCC(C)C(=O)N(c1cn(-c2cncc(F)c2)nc1C)C(C)C. The summed E-state index contributed by atoms with van der Waals surface area (Å²) in [5.74, 6) is 0.330. The minimum absolute atomic E-state index is 0.00351. The number of nitrogens with zero attached hydrogens (tertiary/aromatic N) is 4. The second-order valence-electron chi connectivity index (χ2n) is 6.06. The van der Waals surface area contributed by atoms with Crippen molar-refractivity contribution in [2.75, 3.05) is 16.9 Å². The molecule has 0 N–H and O–H groups in total. The number of rotatable bonds is 6. The number of carbonyl (C=O) groups excluding carboxylic acids is 1. The molecule has 7 heteroatoms. The fraction of sp³-hybridized carbons (Fsp3) is 0.471. The van der Waals surface area contributed by atoms with Crippen LogP contribution in [-0.2, 0) is 4.79 Å². The predicted octanol–water partition coefficient (Wildman–Crippen LogP) is 3.46. The monoisotopic (exact) mass is 350 g/mol. The van der Waals surface area contributed by atoms with Crippen LogP contribution in [0.15, 0.2) is 24.7 Å². The topological polar surface area (TPSA) is 51.0 Å². The fourth-order valence-corrected chi connectivity index (χ4v) is 3.20. The van der Waals surface area contributed by atoms with Gasteiger partial charge in [-0.1, -0.05) is 6.92 Å². The van der Waals surface area contributed by atoms with E-state index in [1.807, 2.05) is 34.0 Å². The fourth-order valence-electron chi connectivity index (χ4n) is 2.56. The molecule has 5 nitrogen and oxygen atoms in total. The molecule has 0 radical (unpaired) electrons. The average molecular weight is 350 g/mol. The maximum Gasteiger partial charge on any atom is 0.230 e. The average Bonchev–Trinajstić information content (AvgIpc) is 2.89. The Balaban J connectivity index is 2.40. The van der Waals surface area contributed by atoms with Gasteiger partial charge in [0.2, 0.25) is 5.91 Å². The Morgan fingerprint density at radius 3 is 2.67 bits per heavy atom. The van der Waals surface area contributed by atoms with Gasteiger partial charge in [0.25, 0.3) is 0 Å². The number of hydrogen-bond donors (Lipinski definition) is 0. The lowest BCUT2D eigenvalue weighted by Gasteiger charge is -2.28. The van der Waals surface area contributed by atoms with Crippen molar-refractivity contribution in [1.82, 2.24) is 14.8 Å². The minimum atomic E-state index is -0.424. The molecule has 24 heavy (non-hydrogen) atoms. The zero-order chi connectivity index (χ0) is 17.9. The first-order valence-electron chi connectivity index (χ1n) is 7.84. The van der Waals surface area contributed by atoms with Crippen LogP contribution in [0, 0.1) is 18.7 Å². The molecule has 0 aliphatic rings. The van der Waals surface area contributed by atoms with Gasteiger partial charge < -0.3 is 4.90 Å². The quantitative estimate of drug-likeness (QED) is 0.801. The minimum Gasteiger partial charge on any atom is -0.306 e. The largest absolute Gasteiger partial charge is 0.306 e. The van der Waals surface area contributed by atoms with Gasteiger partial charge in [0.15, 0.2) is 0 Å². The first-order chi connectivity index (χ1) is 11.3. The molecule has 0 aliphatic carbocycles. The lowest BCUT2D eigenvalue weighted by molar-refractivity contribution is -0.121. The molecule has 0 saturated carbocycles. The number of anilines is 1. The van der Waals surface area contributed by atoms with Gasteiger partial charge in [-0.15, -0.1) is 0 Å². The molecule has 0 saturated heterocycles. The van der Waals surface area contributed by atoms with Crippen molar-refractivity contribution in [3.63, 3.8) is 0 Å². The smallest absolute Gasteiger partial charge is 0.230 e. The van der Waals surface area contributed by atoms with Gasteiger partial charge in [-0.3, -0.25) is 9.78 Å². The van der Waals surface area contributed by atoms with Crippen molar-refractivity contribution in [1.29, 1.82) is 0 Å². The third kappa shape index (κ3) is 3.95. The number of pyridine rings is 1. The Bertz CT molecular complexity index is 716. The maximum absolute atomic E-state index is 13.4. The summed E-state index contributed by atoms with van der Waals surface area (Å²) in [6, 6.07) is 1.37. The van der Waals surface area contributed by atoms with E-state index in [4.69, 9.17) is 0 Å². The van der Waals surface area contributed by atoms with E-state index in [0.29, 0.717) is 5.69 Å². The van der Waals surface area contributed by atoms with Crippen LogP contribution >= 0.6 is 11.8 Å². The predicted molar refractivity (Wildman–Crippen MR) is 96.2 cm³/mol. The van der Waals surface area contributed by atoms with E-state index in [0.717, 1.165) is 23.3 Å². The Kier molecular flexibility index (Phi) is 5.99. The van der Waals surface area contributed by atoms with Gasteiger partial charge in [-0.2, -0.15) is 16.9 Å². The molecule has 1 atom stereocenters. The summed E-state index contributed by atoms with van der Waals surface area (Å²) in [5.41, 5.74) is 1.99. The highest BCUT2D eigenvalue weighted by Crippen LogP contribution is 2.25. The zero-order valence-corrected chi connectivity index (χ0v) is 15.5. The Morgan fingerprint density at radius 1 is 1.38 bits per heavy atom. The second-order valence-corrected chi connectivity index (χ2v) is 6.97. The van der Waals surface area contributed by atoms with Gasteiger partial charge in [0.05, 0.1) is 35.7 Å². The van der Waals surface area contributed by atoms with Crippen molar-refractivity contribution in [3.8, 4) is 5.69 Å². The first-order valence-corrected chi connectivity index (χ1v) is 9.23. The molecule has 1 amide bonds. The maximum atomic E-state index is 13.4. The van der Waals surface area contributed by atoms with Crippen molar-refractivity contribution in [3.05, 3.63) is 36.2 Å². The van der Waals surface area contributed by atoms with Gasteiger partial charge in [0, 0.05) is 23.8 Å². The number of amides is 1. The van der Waals surface area contributed by atoms with Crippen LogP contribution in [-0.4, -0.2) is 38.7 Å². The van der Waals surface area contributed by atoms with E-state index in [-0.39, 0.29) is 17.9 Å². The van der Waals surface area contributed by atoms with Gasteiger partial charge in [0.1, 0.15) is 5.82 Å². The molecule has 130 valence electrons. The highest BCUT2D eigenvalue weighted by molar-refractivity contribution is 7.98. The molecule has 0 spiro atoms. The summed E-state index contributed by atoms with van der Waals surface area (Å²) in [4.78, 5) is 18.4. The highest BCUT2D eigenvalue weighted by atomic mass is 32.2. The molecular formula is C17H23FN4OS. The van der Waals surface area contributed by atoms with Crippen LogP contribution in [0.1, 0.15) is 26.5 Å².